The van der Waals surface area contributed by atoms with Crippen molar-refractivity contribution in [3.05, 3.63) is 164 Å². The molecule has 10 rings (SSSR count). The maximum Gasteiger partial charge on any atom is 0.238 e. The fourth-order valence-corrected chi connectivity index (χ4v) is 7.28. The van der Waals surface area contributed by atoms with E-state index in [9.17, 15) is 0 Å². The molecule has 5 nitrogen and oxygen atoms in total. The fourth-order valence-electron chi connectivity index (χ4n) is 7.28. The minimum atomic E-state index is 0.587. The number of para-hydroxylation sites is 3. The van der Waals surface area contributed by atoms with E-state index in [2.05, 4.69) is 112 Å². The van der Waals surface area contributed by atoms with Crippen molar-refractivity contribution in [2.45, 2.75) is 0 Å². The third-order valence-electron chi connectivity index (χ3n) is 9.36. The predicted molar refractivity (Wildman–Crippen MR) is 197 cm³/mol. The van der Waals surface area contributed by atoms with Gasteiger partial charge >= 0.3 is 0 Å². The fraction of sp³-hybridized carbons (Fsp3) is 0. The van der Waals surface area contributed by atoms with Gasteiger partial charge in [0.25, 0.3) is 0 Å². The normalized spacial score (nSPS) is 11.8. The molecule has 5 heteroatoms. The molecular formula is C43H27N5. The van der Waals surface area contributed by atoms with E-state index in [0.29, 0.717) is 17.6 Å². The summed E-state index contributed by atoms with van der Waals surface area (Å²) >= 11 is 0. The molecule has 0 atom stereocenters. The third kappa shape index (κ3) is 3.94. The molecule has 0 saturated heterocycles. The highest BCUT2D eigenvalue weighted by atomic mass is 15.2. The zero-order chi connectivity index (χ0) is 31.6. The summed E-state index contributed by atoms with van der Waals surface area (Å²) in [5, 5.41) is 7.05. The molecule has 0 amide bonds. The van der Waals surface area contributed by atoms with Crippen molar-refractivity contribution in [1.82, 2.24) is 24.1 Å². The summed E-state index contributed by atoms with van der Waals surface area (Å²) in [5.41, 5.74) is 7.51. The largest absolute Gasteiger partial charge is 0.309 e. The molecule has 0 fully saturated rings. The first kappa shape index (κ1) is 26.6. The van der Waals surface area contributed by atoms with Gasteiger partial charge in [-0.25, -0.2) is 4.98 Å². The molecule has 0 bridgehead atoms. The summed E-state index contributed by atoms with van der Waals surface area (Å²) in [7, 11) is 0. The van der Waals surface area contributed by atoms with Gasteiger partial charge in [0.2, 0.25) is 5.95 Å². The van der Waals surface area contributed by atoms with Crippen molar-refractivity contribution in [1.29, 1.82) is 0 Å². The zero-order valence-electron chi connectivity index (χ0n) is 25.8. The number of rotatable bonds is 4. The van der Waals surface area contributed by atoms with Crippen molar-refractivity contribution >= 4 is 54.4 Å². The highest BCUT2D eigenvalue weighted by molar-refractivity contribution is 6.21. The van der Waals surface area contributed by atoms with Crippen LogP contribution in [0.4, 0.5) is 0 Å². The standard InChI is InChI=1S/C43H27N5/c1-3-15-28(16-4-1)41-44-42(29-17-5-2-6-18-29)46-43(45-41)48-38-26-14-11-22-33(38)35-27-39(32-21-7-8-23-34(32)40(35)48)47-36-24-12-9-19-30(36)31-20-10-13-25-37(31)47/h1-27H. The number of aromatic nitrogens is 5. The lowest BCUT2D eigenvalue weighted by molar-refractivity contribution is 0.955. The van der Waals surface area contributed by atoms with Gasteiger partial charge in [0.15, 0.2) is 11.6 Å². The van der Waals surface area contributed by atoms with Gasteiger partial charge in [-0.1, -0.05) is 140 Å². The van der Waals surface area contributed by atoms with Gasteiger partial charge in [-0.3, -0.25) is 4.57 Å². The highest BCUT2D eigenvalue weighted by Crippen LogP contribution is 2.41. The molecule has 0 aliphatic carbocycles. The van der Waals surface area contributed by atoms with E-state index in [0.717, 1.165) is 49.4 Å². The SMILES string of the molecule is c1ccc(-c2nc(-c3ccccc3)nc(-n3c4ccccc4c4cc(-n5c6ccccc6c6ccccc65)c5ccccc5c43)n2)cc1. The van der Waals surface area contributed by atoms with Crippen LogP contribution in [0.25, 0.3) is 88.8 Å². The zero-order valence-corrected chi connectivity index (χ0v) is 25.8. The molecule has 7 aromatic carbocycles. The van der Waals surface area contributed by atoms with Gasteiger partial charge in [-0.15, -0.1) is 0 Å². The van der Waals surface area contributed by atoms with Crippen LogP contribution >= 0.6 is 0 Å². The lowest BCUT2D eigenvalue weighted by Gasteiger charge is -2.15. The summed E-state index contributed by atoms with van der Waals surface area (Å²) in [4.78, 5) is 15.3. The molecule has 0 aliphatic heterocycles. The first-order valence-corrected chi connectivity index (χ1v) is 16.1. The second-order valence-electron chi connectivity index (χ2n) is 12.1. The first-order valence-electron chi connectivity index (χ1n) is 16.1. The van der Waals surface area contributed by atoms with Crippen molar-refractivity contribution < 1.29 is 0 Å². The van der Waals surface area contributed by atoms with Crippen molar-refractivity contribution in [2.75, 3.05) is 0 Å². The minimum Gasteiger partial charge on any atom is -0.309 e. The second-order valence-corrected chi connectivity index (χ2v) is 12.1. The van der Waals surface area contributed by atoms with Crippen molar-refractivity contribution in [3.8, 4) is 34.4 Å². The number of fused-ring (bicyclic) bond motifs is 8. The second kappa shape index (κ2) is 10.5. The Balaban J connectivity index is 1.35. The summed E-state index contributed by atoms with van der Waals surface area (Å²) in [5.74, 6) is 1.86. The van der Waals surface area contributed by atoms with Crippen LogP contribution in [0.3, 0.4) is 0 Å². The smallest absolute Gasteiger partial charge is 0.238 e. The number of hydrogen-bond donors (Lipinski definition) is 0. The Hall–Kier alpha value is -6.59. The average Bonchev–Trinajstić information content (AvgIpc) is 3.68. The van der Waals surface area contributed by atoms with Crippen LogP contribution in [-0.4, -0.2) is 24.1 Å². The molecule has 0 spiro atoms. The van der Waals surface area contributed by atoms with E-state index < -0.39 is 0 Å². The van der Waals surface area contributed by atoms with Crippen LogP contribution in [0.1, 0.15) is 0 Å². The Labute approximate surface area is 276 Å². The summed E-state index contributed by atoms with van der Waals surface area (Å²) < 4.78 is 4.64. The van der Waals surface area contributed by atoms with Gasteiger partial charge in [-0.05, 0) is 24.3 Å². The van der Waals surface area contributed by atoms with Crippen LogP contribution in [0.15, 0.2) is 164 Å². The van der Waals surface area contributed by atoms with Gasteiger partial charge in [0.1, 0.15) is 0 Å². The van der Waals surface area contributed by atoms with E-state index in [-0.39, 0.29) is 0 Å². The first-order chi connectivity index (χ1) is 23.8. The quantitative estimate of drug-likeness (QED) is 0.198. The Morgan fingerprint density at radius 3 is 1.29 bits per heavy atom. The molecule has 10 aromatic rings. The Morgan fingerprint density at radius 2 is 0.750 bits per heavy atom. The molecule has 0 aliphatic rings. The lowest BCUT2D eigenvalue weighted by atomic mass is 10.0. The molecule has 48 heavy (non-hydrogen) atoms. The van der Waals surface area contributed by atoms with Gasteiger partial charge in [0, 0.05) is 43.4 Å². The molecular weight excluding hydrogens is 587 g/mol. The van der Waals surface area contributed by atoms with E-state index >= 15 is 0 Å². The van der Waals surface area contributed by atoms with Gasteiger partial charge in [-0.2, -0.15) is 9.97 Å². The monoisotopic (exact) mass is 613 g/mol. The Morgan fingerprint density at radius 1 is 0.333 bits per heavy atom. The molecule has 0 radical (unpaired) electrons. The van der Waals surface area contributed by atoms with Crippen LogP contribution in [0, 0.1) is 0 Å². The van der Waals surface area contributed by atoms with E-state index in [4.69, 9.17) is 15.0 Å². The van der Waals surface area contributed by atoms with E-state index in [1.807, 2.05) is 60.7 Å². The van der Waals surface area contributed by atoms with Crippen LogP contribution in [-0.2, 0) is 0 Å². The average molecular weight is 614 g/mol. The molecule has 0 saturated carbocycles. The molecule has 0 N–H and O–H groups in total. The van der Waals surface area contributed by atoms with E-state index in [1.54, 1.807) is 0 Å². The summed E-state index contributed by atoms with van der Waals surface area (Å²) in [6.45, 7) is 0. The molecule has 3 aromatic heterocycles. The highest BCUT2D eigenvalue weighted by Gasteiger charge is 2.22. The van der Waals surface area contributed by atoms with Crippen LogP contribution in [0.5, 0.6) is 0 Å². The molecule has 224 valence electrons. The van der Waals surface area contributed by atoms with Gasteiger partial charge < -0.3 is 4.57 Å². The summed E-state index contributed by atoms with van der Waals surface area (Å²) in [6.07, 6.45) is 0. The maximum absolute atomic E-state index is 5.17. The Kier molecular flexibility index (Phi) is 5.81. The van der Waals surface area contributed by atoms with E-state index in [1.165, 1.54) is 21.8 Å². The van der Waals surface area contributed by atoms with Gasteiger partial charge in [0.05, 0.1) is 27.8 Å². The lowest BCUT2D eigenvalue weighted by Crippen LogP contribution is -2.06. The number of benzene rings is 7. The third-order valence-corrected chi connectivity index (χ3v) is 9.36. The van der Waals surface area contributed by atoms with Crippen molar-refractivity contribution in [3.63, 3.8) is 0 Å². The number of nitrogens with zero attached hydrogens (tertiary/aromatic N) is 5. The molecule has 3 heterocycles. The summed E-state index contributed by atoms with van der Waals surface area (Å²) in [6, 6.07) is 57.3. The van der Waals surface area contributed by atoms with Crippen LogP contribution in [0.2, 0.25) is 0 Å². The molecule has 0 unspecified atom stereocenters. The minimum absolute atomic E-state index is 0.587. The Bertz CT molecular complexity index is 2720. The van der Waals surface area contributed by atoms with Crippen molar-refractivity contribution in [2.24, 2.45) is 0 Å². The number of hydrogen-bond acceptors (Lipinski definition) is 3. The van der Waals surface area contributed by atoms with Crippen LogP contribution < -0.4 is 0 Å². The maximum atomic E-state index is 5.17. The predicted octanol–water partition coefficient (Wildman–Crippen LogP) is 10.6. The topological polar surface area (TPSA) is 48.5 Å².